The van der Waals surface area contributed by atoms with Gasteiger partial charge in [-0.05, 0) is 113 Å². The zero-order valence-electron chi connectivity index (χ0n) is 51.7. The van der Waals surface area contributed by atoms with Crippen molar-refractivity contribution < 1.29 is 73.9 Å². The fourth-order valence-corrected chi connectivity index (χ4v) is 12.1. The molecule has 1 aromatic carbocycles. The van der Waals surface area contributed by atoms with Gasteiger partial charge in [-0.25, -0.2) is 9.78 Å². The highest BCUT2D eigenvalue weighted by molar-refractivity contribution is 5.99. The van der Waals surface area contributed by atoms with Gasteiger partial charge < -0.3 is 67.1 Å². The van der Waals surface area contributed by atoms with E-state index in [0.29, 0.717) is 75.6 Å². The molecule has 89 heavy (non-hydrogen) atoms. The predicted molar refractivity (Wildman–Crippen MR) is 323 cm³/mol. The first-order chi connectivity index (χ1) is 42.3. The third-order valence-corrected chi connectivity index (χ3v) is 16.6. The number of carbonyl (C=O) groups is 10. The molecule has 0 aliphatic carbocycles. The van der Waals surface area contributed by atoms with Gasteiger partial charge in [0.15, 0.2) is 6.04 Å². The van der Waals surface area contributed by atoms with Gasteiger partial charge in [0.1, 0.15) is 60.1 Å². The minimum absolute atomic E-state index is 0.00519. The molecule has 9 amide bonds. The number of guanidine groups is 2. The molecule has 490 valence electrons. The highest BCUT2D eigenvalue weighted by Gasteiger charge is 2.47. The molecule has 0 bridgehead atoms. The number of aromatic amines is 1. The lowest BCUT2D eigenvalue weighted by Crippen LogP contribution is -2.78. The van der Waals surface area contributed by atoms with E-state index in [0.717, 1.165) is 0 Å². The fraction of sp³-hybridized carbons (Fsp3) is 0.644. The van der Waals surface area contributed by atoms with Crippen LogP contribution in [0.4, 0.5) is 0 Å². The molecule has 0 saturated carbocycles. The number of aromatic hydroxyl groups is 1. The Labute approximate surface area is 518 Å². The van der Waals surface area contributed by atoms with Crippen LogP contribution in [-0.4, -0.2) is 211 Å². The number of nitrogens with two attached hydrogens (primary N) is 4. The van der Waals surface area contributed by atoms with Crippen LogP contribution < -0.4 is 65.2 Å². The summed E-state index contributed by atoms with van der Waals surface area (Å²) in [5.74, 6) is -6.67. The largest absolute Gasteiger partial charge is 0.508 e. The summed E-state index contributed by atoms with van der Waals surface area (Å²) in [6, 6.07) is -4.89. The van der Waals surface area contributed by atoms with E-state index >= 15 is 0 Å². The second-order valence-corrected chi connectivity index (χ2v) is 24.6. The average molecular weight is 1250 g/mol. The van der Waals surface area contributed by atoms with Gasteiger partial charge in [0.2, 0.25) is 47.3 Å². The van der Waals surface area contributed by atoms with Crippen molar-refractivity contribution in [2.24, 2.45) is 34.8 Å². The van der Waals surface area contributed by atoms with E-state index in [2.05, 4.69) is 52.3 Å². The number of aromatic nitrogens is 2. The van der Waals surface area contributed by atoms with Gasteiger partial charge in [-0.1, -0.05) is 39.8 Å². The zero-order chi connectivity index (χ0) is 65.1. The maximum Gasteiger partial charge on any atom is 0.338 e. The molecule has 4 fully saturated rings. The molecule has 1 aromatic heterocycles. The molecular formula is C59H95N18O12+3. The first-order valence-electron chi connectivity index (χ1n) is 31.1. The molecule has 30 nitrogen and oxygen atoms in total. The van der Waals surface area contributed by atoms with Gasteiger partial charge in [0, 0.05) is 57.3 Å². The number of H-pyrrole nitrogens is 1. The Balaban J connectivity index is 1.18. The molecule has 4 saturated heterocycles. The van der Waals surface area contributed by atoms with E-state index in [1.807, 2.05) is 27.7 Å². The van der Waals surface area contributed by atoms with Crippen molar-refractivity contribution in [3.8, 4) is 5.75 Å². The zero-order valence-corrected chi connectivity index (χ0v) is 51.7. The summed E-state index contributed by atoms with van der Waals surface area (Å²) >= 11 is 0. The SMILES string of the molecule is CC(C)C[C@H](NC(=O)[C@@H]1CCCN1C(=O)[C@@H]1CCCN1C(=O)[C@H](CC(C)C)NC(=O)[C@@H]1CCCN1C(=O)[C@H](CCC[NH+]=C(N)N)NC(=O)[C@H](Cc1ccc(O)cc1)NC(=O)[C@H](Cc1cnc[nH]1)NC(=O)[C@@H]([NH3+])CCC[NH+]=C(N)N)C(=O)N1CCC[C@H]1C(=O)O. The Morgan fingerprint density at radius 3 is 1.53 bits per heavy atom. The van der Waals surface area contributed by atoms with Crippen molar-refractivity contribution in [1.29, 1.82) is 0 Å². The number of phenolic OH excluding ortho intramolecular Hbond substituents is 1. The second kappa shape index (κ2) is 33.1. The van der Waals surface area contributed by atoms with Crippen molar-refractivity contribution in [3.63, 3.8) is 0 Å². The number of phenols is 1. The highest BCUT2D eigenvalue weighted by Crippen LogP contribution is 2.28. The number of carboxylic acid groups (broad SMARTS) is 1. The number of carboxylic acids is 1. The molecule has 4 aliphatic rings. The van der Waals surface area contributed by atoms with Crippen LogP contribution in [0.1, 0.15) is 129 Å². The molecule has 30 heteroatoms. The predicted octanol–water partition coefficient (Wildman–Crippen LogP) is -6.66. The molecule has 2 aromatic rings. The monoisotopic (exact) mass is 1250 g/mol. The first-order valence-corrected chi connectivity index (χ1v) is 31.1. The summed E-state index contributed by atoms with van der Waals surface area (Å²) in [7, 11) is 0. The first kappa shape index (κ1) is 69.5. The van der Waals surface area contributed by atoms with Crippen molar-refractivity contribution in [1.82, 2.24) is 56.2 Å². The van der Waals surface area contributed by atoms with Crippen LogP contribution in [0.5, 0.6) is 5.75 Å². The molecule has 5 heterocycles. The maximum absolute atomic E-state index is 15.0. The van der Waals surface area contributed by atoms with E-state index in [9.17, 15) is 58.2 Å². The van der Waals surface area contributed by atoms with Crippen LogP contribution in [0.3, 0.4) is 0 Å². The Kier molecular flexibility index (Phi) is 25.9. The molecular weight excluding hydrogens is 1150 g/mol. The lowest BCUT2D eigenvalue weighted by Gasteiger charge is -2.35. The van der Waals surface area contributed by atoms with Gasteiger partial charge in [-0.3, -0.25) is 76.1 Å². The van der Waals surface area contributed by atoms with Crippen molar-refractivity contribution in [3.05, 3.63) is 48.0 Å². The van der Waals surface area contributed by atoms with Crippen LogP contribution in [0.2, 0.25) is 0 Å². The van der Waals surface area contributed by atoms with Gasteiger partial charge in [-0.2, -0.15) is 0 Å². The highest BCUT2D eigenvalue weighted by atomic mass is 16.4. The lowest BCUT2D eigenvalue weighted by molar-refractivity contribution is -0.463. The summed E-state index contributed by atoms with van der Waals surface area (Å²) in [6.07, 6.45) is 7.14. The second-order valence-electron chi connectivity index (χ2n) is 24.6. The smallest absolute Gasteiger partial charge is 0.338 e. The van der Waals surface area contributed by atoms with Crippen molar-refractivity contribution in [2.45, 2.75) is 191 Å². The van der Waals surface area contributed by atoms with Crippen LogP contribution in [0, 0.1) is 11.8 Å². The number of quaternary nitrogens is 1. The Morgan fingerprint density at radius 2 is 1.02 bits per heavy atom. The average Bonchev–Trinajstić information content (AvgIpc) is 2.50. The summed E-state index contributed by atoms with van der Waals surface area (Å²) in [5.41, 5.74) is 27.4. The van der Waals surface area contributed by atoms with E-state index in [1.165, 1.54) is 44.3 Å². The van der Waals surface area contributed by atoms with E-state index in [1.54, 1.807) is 12.1 Å². The molecule has 4 aliphatic heterocycles. The molecule has 21 N–H and O–H groups in total. The summed E-state index contributed by atoms with van der Waals surface area (Å²) < 4.78 is 0. The third-order valence-electron chi connectivity index (χ3n) is 16.6. The van der Waals surface area contributed by atoms with E-state index < -0.39 is 120 Å². The Hall–Kier alpha value is -8.57. The van der Waals surface area contributed by atoms with Gasteiger partial charge in [0.25, 0.3) is 5.91 Å². The summed E-state index contributed by atoms with van der Waals surface area (Å²) in [4.78, 5) is 160. The topological polar surface area (TPSA) is 473 Å². The molecule has 10 atom stereocenters. The van der Waals surface area contributed by atoms with Crippen LogP contribution in [0.25, 0.3) is 0 Å². The molecule has 0 radical (unpaired) electrons. The van der Waals surface area contributed by atoms with Gasteiger partial charge in [-0.15, -0.1) is 0 Å². The Bertz CT molecular complexity index is 2840. The number of hydrogen-bond donors (Lipinski definition) is 15. The van der Waals surface area contributed by atoms with E-state index in [4.69, 9.17) is 22.9 Å². The molecule has 0 unspecified atom stereocenters. The van der Waals surface area contributed by atoms with Crippen LogP contribution >= 0.6 is 0 Å². The quantitative estimate of drug-likeness (QED) is 0.0190. The van der Waals surface area contributed by atoms with Crippen LogP contribution in [-0.2, 0) is 60.8 Å². The number of carbonyl (C=O) groups excluding carboxylic acids is 9. The van der Waals surface area contributed by atoms with Crippen molar-refractivity contribution in [2.75, 3.05) is 39.3 Å². The number of nitrogens with one attached hydrogen (secondary N) is 8. The number of aliphatic carboxylic acids is 1. The van der Waals surface area contributed by atoms with Crippen LogP contribution in [0.15, 0.2) is 36.8 Å². The lowest BCUT2D eigenvalue weighted by atomic mass is 10.0. The number of benzene rings is 1. The number of hydrogen-bond acceptors (Lipinski definition) is 12. The number of nitrogens with zero attached hydrogens (tertiary/aromatic N) is 5. The summed E-state index contributed by atoms with van der Waals surface area (Å²) in [5, 5.41) is 34.1. The maximum atomic E-state index is 15.0. The molecule has 0 spiro atoms. The minimum atomic E-state index is -1.38. The fourth-order valence-electron chi connectivity index (χ4n) is 12.1. The van der Waals surface area contributed by atoms with Crippen molar-refractivity contribution >= 4 is 71.1 Å². The van der Waals surface area contributed by atoms with Gasteiger partial charge >= 0.3 is 17.9 Å². The van der Waals surface area contributed by atoms with E-state index in [-0.39, 0.29) is 107 Å². The van der Waals surface area contributed by atoms with Gasteiger partial charge in [0.05, 0.1) is 19.4 Å². The normalized spacial score (nSPS) is 20.2. The molecule has 6 rings (SSSR count). The minimum Gasteiger partial charge on any atom is -0.508 e. The number of likely N-dealkylation sites (tertiary alicyclic amines) is 4. The summed E-state index contributed by atoms with van der Waals surface area (Å²) in [6.45, 7) is 8.90. The number of imidazole rings is 1. The number of rotatable bonds is 31. The third kappa shape index (κ3) is 20.0. The standard InChI is InChI=1S/C59H92N18O12/c1-33(2)27-42(54(85)76-25-9-15-46(76)56(87)75-24-8-14-45(75)52(83)73-43(28-34(3)4)55(86)77-26-10-16-47(77)57(88)89)72-51(82)44-13-7-23-74(44)53(84)39(12-6-22-67-59(63)64)69-49(80)40(29-35-17-19-37(78)20-18-35)71-50(81)41(30-36-31-65-32-68-36)70-48(79)38(60)11-5-21-66-58(61)62/h17-20,31-34,38-47,78H,5-16,21-30,60H2,1-4H3,(H,65,68)(H,69,80)(H,70,79)(H,71,81)(H,72,82)(H,73,83)(H,88,89)(H4,61,62,66)(H4,63,64,67)/p+3/t38-,39-,40-,41-,42-,43-,44-,45-,46-,47-/m0/s1. The number of amides is 9. The Morgan fingerprint density at radius 1 is 0.584 bits per heavy atom.